The molecule has 21 heavy (non-hydrogen) atoms. The zero-order valence-electron chi connectivity index (χ0n) is 11.5. The van der Waals surface area contributed by atoms with Gasteiger partial charge in [-0.25, -0.2) is 0 Å². The van der Waals surface area contributed by atoms with Gasteiger partial charge in [0.05, 0.1) is 0 Å². The molecular weight excluding hydrogens is 463 g/mol. The number of benzene rings is 2. The van der Waals surface area contributed by atoms with Crippen LogP contribution in [-0.2, 0) is 10.9 Å². The van der Waals surface area contributed by atoms with Gasteiger partial charge < -0.3 is 17.0 Å². The summed E-state index contributed by atoms with van der Waals surface area (Å²) in [7, 11) is 0. The fraction of sp³-hybridized carbons (Fsp3) is 0.235. The number of ketones is 1. The Morgan fingerprint density at radius 2 is 1.71 bits per heavy atom. The zero-order chi connectivity index (χ0) is 13.9. The molecule has 0 bridgehead atoms. The number of halogens is 2. The van der Waals surface area contributed by atoms with Crippen molar-refractivity contribution in [3.63, 3.8) is 0 Å². The molecule has 0 aromatic heterocycles. The molecule has 0 unspecified atom stereocenters. The Bertz CT molecular complexity index is 627. The van der Waals surface area contributed by atoms with Gasteiger partial charge in [0, 0.05) is 0 Å². The predicted molar refractivity (Wildman–Crippen MR) is 85.0 cm³/mol. The smallest absolute Gasteiger partial charge is 1.00 e. The molecule has 0 aliphatic carbocycles. The van der Waals surface area contributed by atoms with E-state index in [2.05, 4.69) is 24.3 Å². The molecule has 1 aliphatic rings. The standard InChI is InChI=1S/C17H16ClOTe.BrH/c18-16-7-5-14(6-8-16)17(19)12-20-10-9-13-3-1-2-4-15(13)11-20;/h1-8H,9-12H2;1H/q+1;/p-1. The van der Waals surface area contributed by atoms with Crippen molar-refractivity contribution in [1.29, 1.82) is 0 Å². The van der Waals surface area contributed by atoms with E-state index in [0.29, 0.717) is 10.8 Å². The summed E-state index contributed by atoms with van der Waals surface area (Å²) >= 11 is 4.55. The summed E-state index contributed by atoms with van der Waals surface area (Å²) < 4.78 is 3.28. The summed E-state index contributed by atoms with van der Waals surface area (Å²) in [6.07, 6.45) is 1.17. The maximum Gasteiger partial charge on any atom is -1.00 e. The van der Waals surface area contributed by atoms with Crippen LogP contribution in [0.1, 0.15) is 21.5 Å². The minimum absolute atomic E-state index is 0. The van der Waals surface area contributed by atoms with Crippen molar-refractivity contribution in [3.8, 4) is 0 Å². The number of Topliss-reactive ketones (excluding diaryl/α,β-unsaturated/α-hetero) is 1. The van der Waals surface area contributed by atoms with Crippen LogP contribution in [0.3, 0.4) is 0 Å². The van der Waals surface area contributed by atoms with Gasteiger partial charge in [-0.2, -0.15) is 0 Å². The monoisotopic (exact) mass is 480 g/mol. The average molecular weight is 479 g/mol. The van der Waals surface area contributed by atoms with E-state index in [9.17, 15) is 4.79 Å². The SMILES string of the molecule is O=C(C[Te+]1CCc2ccccc2C1)c1ccc(Cl)cc1.[Br-]. The van der Waals surface area contributed by atoms with Crippen LogP contribution in [0.4, 0.5) is 0 Å². The van der Waals surface area contributed by atoms with Crippen molar-refractivity contribution in [3.05, 3.63) is 70.2 Å². The second-order valence-electron chi connectivity index (χ2n) is 5.05. The summed E-state index contributed by atoms with van der Waals surface area (Å²) in [4.78, 5) is 12.3. The molecule has 0 spiro atoms. The van der Waals surface area contributed by atoms with E-state index in [4.69, 9.17) is 11.6 Å². The summed E-state index contributed by atoms with van der Waals surface area (Å²) in [6, 6.07) is 16.0. The summed E-state index contributed by atoms with van der Waals surface area (Å²) in [6.45, 7) is 0. The number of hydrogen-bond donors (Lipinski definition) is 0. The molecule has 0 saturated heterocycles. The van der Waals surface area contributed by atoms with Gasteiger partial charge in [0.25, 0.3) is 0 Å². The Hall–Kier alpha value is -0.330. The van der Waals surface area contributed by atoms with E-state index in [1.165, 1.54) is 26.5 Å². The zero-order valence-corrected chi connectivity index (χ0v) is 16.2. The maximum absolute atomic E-state index is 12.3. The van der Waals surface area contributed by atoms with E-state index < -0.39 is 19.6 Å². The third kappa shape index (κ3) is 4.33. The van der Waals surface area contributed by atoms with Gasteiger partial charge in [0.1, 0.15) is 0 Å². The predicted octanol–water partition coefficient (Wildman–Crippen LogP) is 1.36. The minimum Gasteiger partial charge on any atom is -1.00 e. The van der Waals surface area contributed by atoms with Crippen molar-refractivity contribution < 1.29 is 21.8 Å². The molecule has 2 aromatic carbocycles. The van der Waals surface area contributed by atoms with Crippen molar-refractivity contribution in [2.75, 3.05) is 0 Å². The van der Waals surface area contributed by atoms with Crippen LogP contribution < -0.4 is 17.0 Å². The van der Waals surface area contributed by atoms with Crippen molar-refractivity contribution in [2.24, 2.45) is 0 Å². The largest absolute Gasteiger partial charge is 1.00 e. The van der Waals surface area contributed by atoms with Crippen molar-refractivity contribution in [2.45, 2.75) is 19.8 Å². The number of fused-ring (bicyclic) bond motifs is 1. The third-order valence-corrected chi connectivity index (χ3v) is 10.1. The van der Waals surface area contributed by atoms with Crippen molar-refractivity contribution in [1.82, 2.24) is 0 Å². The van der Waals surface area contributed by atoms with E-state index in [1.807, 2.05) is 12.1 Å². The molecule has 3 rings (SSSR count). The number of rotatable bonds is 3. The third-order valence-electron chi connectivity index (χ3n) is 3.64. The number of carbonyl (C=O) groups is 1. The van der Waals surface area contributed by atoms with Gasteiger partial charge in [-0.3, -0.25) is 0 Å². The Balaban J connectivity index is 0.00000161. The Morgan fingerprint density at radius 1 is 1.05 bits per heavy atom. The van der Waals surface area contributed by atoms with Crippen LogP contribution in [0.15, 0.2) is 48.5 Å². The molecule has 0 atom stereocenters. The van der Waals surface area contributed by atoms with Crippen LogP contribution >= 0.6 is 11.6 Å². The minimum atomic E-state index is -1.31. The molecule has 0 amide bonds. The number of hydrogen-bond acceptors (Lipinski definition) is 1. The molecule has 4 heteroatoms. The molecule has 110 valence electrons. The van der Waals surface area contributed by atoms with E-state index in [1.54, 1.807) is 12.1 Å². The van der Waals surface area contributed by atoms with Gasteiger partial charge in [-0.05, 0) is 0 Å². The summed E-state index contributed by atoms with van der Waals surface area (Å²) in [5, 5.41) is 0.688. The topological polar surface area (TPSA) is 17.1 Å². The molecule has 1 nitrogen and oxygen atoms in total. The van der Waals surface area contributed by atoms with E-state index in [-0.39, 0.29) is 17.0 Å². The first-order valence-electron chi connectivity index (χ1n) is 6.72. The molecule has 2 aromatic rings. The first kappa shape index (κ1) is 17.0. The maximum atomic E-state index is 12.3. The fourth-order valence-electron chi connectivity index (χ4n) is 2.52. The first-order valence-corrected chi connectivity index (χ1v) is 12.0. The van der Waals surface area contributed by atoms with Crippen LogP contribution in [-0.4, -0.2) is 25.3 Å². The Morgan fingerprint density at radius 3 is 2.43 bits per heavy atom. The van der Waals surface area contributed by atoms with Crippen molar-refractivity contribution >= 4 is 36.9 Å². The Labute approximate surface area is 148 Å². The van der Waals surface area contributed by atoms with Gasteiger partial charge in [-0.1, -0.05) is 0 Å². The summed E-state index contributed by atoms with van der Waals surface area (Å²) in [5.74, 6) is 0.303. The van der Waals surface area contributed by atoms with Gasteiger partial charge >= 0.3 is 132 Å². The fourth-order valence-corrected chi connectivity index (χ4v) is 8.80. The van der Waals surface area contributed by atoms with Gasteiger partial charge in [-0.15, -0.1) is 0 Å². The number of carbonyl (C=O) groups excluding carboxylic acids is 1. The molecule has 0 saturated carbocycles. The average Bonchev–Trinajstić information content (AvgIpc) is 2.48. The van der Waals surface area contributed by atoms with Gasteiger partial charge in [0.15, 0.2) is 0 Å². The van der Waals surface area contributed by atoms with Crippen LogP contribution in [0.25, 0.3) is 0 Å². The molecular formula is C17H16BrClOTe. The molecule has 1 heterocycles. The number of aryl methyl sites for hydroxylation is 1. The second kappa shape index (κ2) is 7.79. The van der Waals surface area contributed by atoms with Crippen LogP contribution in [0.5, 0.6) is 0 Å². The van der Waals surface area contributed by atoms with Gasteiger partial charge in [0.2, 0.25) is 0 Å². The normalized spacial score (nSPS) is 14.1. The molecule has 0 N–H and O–H groups in total. The van der Waals surface area contributed by atoms with E-state index in [0.717, 1.165) is 10.0 Å². The molecule has 1 aliphatic heterocycles. The Kier molecular flexibility index (Phi) is 6.32. The van der Waals surface area contributed by atoms with E-state index >= 15 is 0 Å². The quantitative estimate of drug-likeness (QED) is 0.481. The molecule has 0 fully saturated rings. The molecule has 0 radical (unpaired) electrons. The first-order chi connectivity index (χ1) is 9.72. The van der Waals surface area contributed by atoms with Crippen LogP contribution in [0.2, 0.25) is 14.0 Å². The summed E-state index contributed by atoms with van der Waals surface area (Å²) in [5.41, 5.74) is 3.79. The second-order valence-corrected chi connectivity index (χ2v) is 11.8. The van der Waals surface area contributed by atoms with Crippen LogP contribution in [0, 0.1) is 0 Å².